The molecule has 4 rings (SSSR count). The van der Waals surface area contributed by atoms with Gasteiger partial charge in [0, 0.05) is 0 Å². The number of rotatable bonds is 4. The van der Waals surface area contributed by atoms with E-state index < -0.39 is 29.2 Å². The minimum atomic E-state index is -4.98. The quantitative estimate of drug-likeness (QED) is 0.471. The molecule has 1 amide bonds. The number of hydrogen-bond acceptors (Lipinski definition) is 6. The van der Waals surface area contributed by atoms with Crippen LogP contribution in [0, 0.1) is 24.1 Å². The number of hydrogen-bond donors (Lipinski definition) is 1. The topological polar surface area (TPSA) is 114 Å². The van der Waals surface area contributed by atoms with Crippen molar-refractivity contribution in [3.63, 3.8) is 0 Å². The number of benzene rings is 1. The average molecular weight is 456 g/mol. The number of aromatic nitrogens is 6. The number of aryl methyl sites for hydroxylation is 1. The molecule has 0 saturated carbocycles. The fraction of sp³-hybridized carbons (Fsp3) is 0.100. The highest BCUT2D eigenvalue weighted by Gasteiger charge is 2.41. The molecule has 0 spiro atoms. The van der Waals surface area contributed by atoms with Gasteiger partial charge in [0.2, 0.25) is 0 Å². The van der Waals surface area contributed by atoms with Crippen molar-refractivity contribution in [1.82, 2.24) is 29.8 Å². The Morgan fingerprint density at radius 2 is 1.85 bits per heavy atom. The van der Waals surface area contributed by atoms with Gasteiger partial charge in [0.1, 0.15) is 17.4 Å². The first-order valence-corrected chi connectivity index (χ1v) is 9.19. The number of anilines is 1. The number of alkyl halides is 3. The molecule has 33 heavy (non-hydrogen) atoms. The van der Waals surface area contributed by atoms with Crippen molar-refractivity contribution in [3.05, 3.63) is 77.3 Å². The molecule has 0 saturated heterocycles. The Morgan fingerprint density at radius 1 is 1.12 bits per heavy atom. The molecule has 166 valence electrons. The molecule has 0 radical (unpaired) electrons. The van der Waals surface area contributed by atoms with Crippen LogP contribution in [-0.2, 0) is 6.18 Å². The van der Waals surface area contributed by atoms with Crippen molar-refractivity contribution >= 4 is 11.6 Å². The van der Waals surface area contributed by atoms with E-state index in [-0.39, 0.29) is 22.8 Å². The van der Waals surface area contributed by atoms with Crippen molar-refractivity contribution < 1.29 is 22.4 Å². The SMILES string of the molecule is Cc1ccc(F)cc1-n1ncc(C(=O)Nc2cnc(-n3nccn3)c(C#N)c2)c1C(F)(F)F. The van der Waals surface area contributed by atoms with Crippen molar-refractivity contribution in [1.29, 1.82) is 5.26 Å². The van der Waals surface area contributed by atoms with Gasteiger partial charge in [-0.15, -0.1) is 4.80 Å². The van der Waals surface area contributed by atoms with E-state index in [0.717, 1.165) is 29.3 Å². The largest absolute Gasteiger partial charge is 0.434 e. The number of nitrogens with one attached hydrogen (secondary N) is 1. The maximum absolute atomic E-state index is 13.9. The maximum atomic E-state index is 13.9. The second kappa shape index (κ2) is 8.15. The van der Waals surface area contributed by atoms with Crippen molar-refractivity contribution in [2.24, 2.45) is 0 Å². The first kappa shape index (κ1) is 21.6. The maximum Gasteiger partial charge on any atom is 0.434 e. The van der Waals surface area contributed by atoms with Gasteiger partial charge in [-0.1, -0.05) is 6.07 Å². The standard InChI is InChI=1S/C20H12F4N8O/c1-11-2-3-13(21)7-16(11)31-17(20(22,23)24)15(10-29-31)19(33)30-14-6-12(8-25)18(26-9-14)32-27-4-5-28-32/h2-7,9-10H,1H3,(H,30,33). The number of nitrogens with zero attached hydrogens (tertiary/aromatic N) is 7. The van der Waals surface area contributed by atoms with Crippen LogP contribution < -0.4 is 5.32 Å². The number of halogens is 4. The van der Waals surface area contributed by atoms with E-state index in [4.69, 9.17) is 0 Å². The molecular formula is C20H12F4N8O. The average Bonchev–Trinajstić information content (AvgIpc) is 3.45. The number of nitriles is 1. The molecule has 9 nitrogen and oxygen atoms in total. The van der Waals surface area contributed by atoms with Gasteiger partial charge >= 0.3 is 6.18 Å². The van der Waals surface area contributed by atoms with E-state index in [9.17, 15) is 27.6 Å². The monoisotopic (exact) mass is 456 g/mol. The zero-order valence-electron chi connectivity index (χ0n) is 16.7. The molecule has 0 aliphatic heterocycles. The molecule has 13 heteroatoms. The molecule has 0 aliphatic rings. The Bertz CT molecular complexity index is 1390. The summed E-state index contributed by atoms with van der Waals surface area (Å²) in [6.45, 7) is 1.49. The number of amides is 1. The summed E-state index contributed by atoms with van der Waals surface area (Å²) in [4.78, 5) is 17.8. The second-order valence-electron chi connectivity index (χ2n) is 6.73. The van der Waals surface area contributed by atoms with Gasteiger partial charge in [-0.3, -0.25) is 4.79 Å². The third-order valence-corrected chi connectivity index (χ3v) is 4.53. The third kappa shape index (κ3) is 4.13. The van der Waals surface area contributed by atoms with Crippen LogP contribution >= 0.6 is 0 Å². The molecule has 3 heterocycles. The van der Waals surface area contributed by atoms with E-state index >= 15 is 0 Å². The predicted octanol–water partition coefficient (Wildman–Crippen LogP) is 3.44. The molecule has 1 aromatic carbocycles. The molecule has 0 unspecified atom stereocenters. The van der Waals surface area contributed by atoms with Crippen molar-refractivity contribution in [2.75, 3.05) is 5.32 Å². The van der Waals surface area contributed by atoms with Gasteiger partial charge in [0.15, 0.2) is 11.5 Å². The summed E-state index contributed by atoms with van der Waals surface area (Å²) in [5.74, 6) is -1.82. The fourth-order valence-electron chi connectivity index (χ4n) is 3.07. The summed E-state index contributed by atoms with van der Waals surface area (Å²) in [7, 11) is 0. The van der Waals surface area contributed by atoms with Crippen LogP contribution in [0.4, 0.5) is 23.2 Å². The van der Waals surface area contributed by atoms with Crippen molar-refractivity contribution in [3.8, 4) is 17.6 Å². The smallest absolute Gasteiger partial charge is 0.320 e. The molecule has 0 atom stereocenters. The summed E-state index contributed by atoms with van der Waals surface area (Å²) in [6, 6.07) is 6.38. The highest BCUT2D eigenvalue weighted by molar-refractivity contribution is 6.05. The van der Waals surface area contributed by atoms with Crippen LogP contribution in [-0.4, -0.2) is 35.7 Å². The van der Waals surface area contributed by atoms with Crippen LogP contribution in [0.3, 0.4) is 0 Å². The number of carbonyl (C=O) groups is 1. The normalized spacial score (nSPS) is 11.3. The van der Waals surface area contributed by atoms with E-state index in [0.29, 0.717) is 10.2 Å². The van der Waals surface area contributed by atoms with E-state index in [1.807, 2.05) is 6.07 Å². The van der Waals surface area contributed by atoms with Gasteiger partial charge in [-0.25, -0.2) is 14.1 Å². The summed E-state index contributed by atoms with van der Waals surface area (Å²) in [5, 5.41) is 23.0. The van der Waals surface area contributed by atoms with Gasteiger partial charge in [0.25, 0.3) is 5.91 Å². The Hall–Kier alpha value is -4.60. The van der Waals surface area contributed by atoms with E-state index in [2.05, 4.69) is 25.6 Å². The lowest BCUT2D eigenvalue weighted by Crippen LogP contribution is -2.21. The lowest BCUT2D eigenvalue weighted by molar-refractivity contribution is -0.143. The molecule has 1 N–H and O–H groups in total. The first-order valence-electron chi connectivity index (χ1n) is 9.19. The number of carbonyl (C=O) groups excluding carboxylic acids is 1. The summed E-state index contributed by atoms with van der Waals surface area (Å²) in [6.07, 6.45) is -0.354. The zero-order valence-corrected chi connectivity index (χ0v) is 16.7. The molecule has 0 fully saturated rings. The summed E-state index contributed by atoms with van der Waals surface area (Å²) >= 11 is 0. The van der Waals surface area contributed by atoms with Gasteiger partial charge in [0.05, 0.1) is 41.7 Å². The predicted molar refractivity (Wildman–Crippen MR) is 105 cm³/mol. The fourth-order valence-corrected chi connectivity index (χ4v) is 3.07. The Kier molecular flexibility index (Phi) is 5.34. The van der Waals surface area contributed by atoms with Gasteiger partial charge in [-0.2, -0.15) is 33.7 Å². The molecule has 0 bridgehead atoms. The minimum Gasteiger partial charge on any atom is -0.320 e. The van der Waals surface area contributed by atoms with Crippen LogP contribution in [0.1, 0.15) is 27.2 Å². The zero-order chi connectivity index (χ0) is 23.8. The molecule has 0 aliphatic carbocycles. The van der Waals surface area contributed by atoms with Crippen LogP contribution in [0.25, 0.3) is 11.5 Å². The van der Waals surface area contributed by atoms with Gasteiger partial charge in [-0.05, 0) is 30.7 Å². The van der Waals surface area contributed by atoms with Gasteiger partial charge < -0.3 is 5.32 Å². The third-order valence-electron chi connectivity index (χ3n) is 4.53. The highest BCUT2D eigenvalue weighted by Crippen LogP contribution is 2.34. The number of pyridine rings is 1. The lowest BCUT2D eigenvalue weighted by atomic mass is 10.1. The summed E-state index contributed by atoms with van der Waals surface area (Å²) in [5.41, 5.74) is -2.06. The molecule has 3 aromatic heterocycles. The van der Waals surface area contributed by atoms with Crippen LogP contribution in [0.2, 0.25) is 0 Å². The summed E-state index contributed by atoms with van der Waals surface area (Å²) < 4.78 is 55.8. The minimum absolute atomic E-state index is 0.0221. The van der Waals surface area contributed by atoms with E-state index in [1.54, 1.807) is 0 Å². The molecular weight excluding hydrogens is 444 g/mol. The Balaban J connectivity index is 1.72. The van der Waals surface area contributed by atoms with Crippen LogP contribution in [0.5, 0.6) is 0 Å². The molecule has 4 aromatic rings. The Morgan fingerprint density at radius 3 is 2.52 bits per heavy atom. The van der Waals surface area contributed by atoms with E-state index in [1.165, 1.54) is 31.5 Å². The lowest BCUT2D eigenvalue weighted by Gasteiger charge is -2.14. The highest BCUT2D eigenvalue weighted by atomic mass is 19.4. The van der Waals surface area contributed by atoms with Crippen molar-refractivity contribution in [2.45, 2.75) is 13.1 Å². The Labute approximate surface area is 182 Å². The second-order valence-corrected chi connectivity index (χ2v) is 6.73. The van der Waals surface area contributed by atoms with Crippen LogP contribution in [0.15, 0.2) is 49.1 Å². The first-order chi connectivity index (χ1) is 15.7.